The maximum absolute atomic E-state index is 5.56. The summed E-state index contributed by atoms with van der Waals surface area (Å²) >= 11 is 0. The van der Waals surface area contributed by atoms with E-state index in [1.165, 1.54) is 0 Å². The molecule has 0 saturated carbocycles. The van der Waals surface area contributed by atoms with Crippen molar-refractivity contribution in [3.63, 3.8) is 0 Å². The van der Waals surface area contributed by atoms with Crippen molar-refractivity contribution < 1.29 is 9.47 Å². The molecule has 2 aromatic rings. The molecule has 0 aliphatic carbocycles. The third kappa shape index (κ3) is 3.03. The van der Waals surface area contributed by atoms with Crippen LogP contribution in [-0.4, -0.2) is 35.8 Å². The van der Waals surface area contributed by atoms with Gasteiger partial charge < -0.3 is 15.2 Å². The molecule has 1 heterocycles. The Kier molecular flexibility index (Phi) is 4.35. The molecule has 0 fully saturated rings. The van der Waals surface area contributed by atoms with Gasteiger partial charge in [-0.05, 0) is 24.2 Å². The van der Waals surface area contributed by atoms with Gasteiger partial charge >= 0.3 is 0 Å². The van der Waals surface area contributed by atoms with Gasteiger partial charge in [-0.2, -0.15) is 0 Å². The van der Waals surface area contributed by atoms with Crippen LogP contribution in [0.25, 0.3) is 0 Å². The van der Waals surface area contributed by atoms with Crippen LogP contribution in [0, 0.1) is 0 Å². The summed E-state index contributed by atoms with van der Waals surface area (Å²) in [6.07, 6.45) is 2.51. The highest BCUT2D eigenvalue weighted by Gasteiger charge is 2.07. The lowest BCUT2D eigenvalue weighted by Gasteiger charge is -2.10. The molecule has 102 valence electrons. The number of methoxy groups -OCH3 is 2. The Labute approximate surface area is 112 Å². The van der Waals surface area contributed by atoms with E-state index in [9.17, 15) is 0 Å². The van der Waals surface area contributed by atoms with E-state index in [1.54, 1.807) is 20.4 Å². The summed E-state index contributed by atoms with van der Waals surface area (Å²) in [6.45, 7) is 1.22. The lowest BCUT2D eigenvalue weighted by molar-refractivity contribution is 0.354. The number of ether oxygens (including phenoxy) is 2. The van der Waals surface area contributed by atoms with Gasteiger partial charge in [-0.3, -0.25) is 0 Å². The third-order valence-electron chi connectivity index (χ3n) is 2.88. The zero-order valence-electron chi connectivity index (χ0n) is 11.2. The number of nitrogens with zero attached hydrogens (tertiary/aromatic N) is 3. The minimum atomic E-state index is 0.583. The fourth-order valence-corrected chi connectivity index (χ4v) is 1.91. The molecule has 6 nitrogen and oxygen atoms in total. The van der Waals surface area contributed by atoms with E-state index in [2.05, 4.69) is 10.3 Å². The summed E-state index contributed by atoms with van der Waals surface area (Å²) in [7, 11) is 3.24. The minimum absolute atomic E-state index is 0.583. The van der Waals surface area contributed by atoms with Crippen LogP contribution in [0.1, 0.15) is 11.3 Å². The van der Waals surface area contributed by atoms with E-state index in [-0.39, 0.29) is 0 Å². The molecule has 6 heteroatoms. The first-order chi connectivity index (χ1) is 9.28. The van der Waals surface area contributed by atoms with E-state index in [0.29, 0.717) is 24.6 Å². The van der Waals surface area contributed by atoms with Gasteiger partial charge in [0.1, 0.15) is 0 Å². The van der Waals surface area contributed by atoms with Crippen molar-refractivity contribution in [3.8, 4) is 11.5 Å². The van der Waals surface area contributed by atoms with E-state index in [0.717, 1.165) is 17.7 Å². The topological polar surface area (TPSA) is 75.2 Å². The fraction of sp³-hybridized carbons (Fsp3) is 0.385. The monoisotopic (exact) mass is 262 g/mol. The Morgan fingerprint density at radius 3 is 2.68 bits per heavy atom. The van der Waals surface area contributed by atoms with Gasteiger partial charge in [0.25, 0.3) is 0 Å². The normalized spacial score (nSPS) is 10.5. The number of benzene rings is 1. The highest BCUT2D eigenvalue weighted by Crippen LogP contribution is 2.27. The highest BCUT2D eigenvalue weighted by atomic mass is 16.5. The zero-order chi connectivity index (χ0) is 13.7. The second kappa shape index (κ2) is 6.19. The predicted octanol–water partition coefficient (Wildman–Crippen LogP) is 0.845. The molecular formula is C13H18N4O2. The summed E-state index contributed by atoms with van der Waals surface area (Å²) < 4.78 is 12.3. The van der Waals surface area contributed by atoms with E-state index in [4.69, 9.17) is 15.2 Å². The number of aromatic nitrogens is 3. The average Bonchev–Trinajstić information content (AvgIpc) is 2.86. The van der Waals surface area contributed by atoms with Crippen LogP contribution in [0.15, 0.2) is 24.4 Å². The highest BCUT2D eigenvalue weighted by molar-refractivity contribution is 5.42. The van der Waals surface area contributed by atoms with Crippen LogP contribution in [0.4, 0.5) is 0 Å². The molecule has 1 aromatic heterocycles. The Morgan fingerprint density at radius 1 is 1.21 bits per heavy atom. The van der Waals surface area contributed by atoms with Gasteiger partial charge in [0, 0.05) is 6.42 Å². The quantitative estimate of drug-likeness (QED) is 0.835. The van der Waals surface area contributed by atoms with Crippen molar-refractivity contribution in [2.75, 3.05) is 20.8 Å². The first-order valence-electron chi connectivity index (χ1n) is 6.06. The minimum Gasteiger partial charge on any atom is -0.493 e. The molecule has 0 atom stereocenters. The summed E-state index contributed by atoms with van der Waals surface area (Å²) in [5.74, 6) is 1.42. The molecule has 0 aliphatic heterocycles. The van der Waals surface area contributed by atoms with Crippen LogP contribution in [0.3, 0.4) is 0 Å². The van der Waals surface area contributed by atoms with E-state index < -0.39 is 0 Å². The zero-order valence-corrected chi connectivity index (χ0v) is 11.2. The summed E-state index contributed by atoms with van der Waals surface area (Å²) in [5.41, 5.74) is 7.66. The molecular weight excluding hydrogens is 244 g/mol. The van der Waals surface area contributed by atoms with Crippen LogP contribution in [0.5, 0.6) is 11.5 Å². The maximum Gasteiger partial charge on any atom is 0.161 e. The second-order valence-corrected chi connectivity index (χ2v) is 4.11. The van der Waals surface area contributed by atoms with Gasteiger partial charge in [-0.15, -0.1) is 5.10 Å². The van der Waals surface area contributed by atoms with Crippen LogP contribution in [-0.2, 0) is 13.0 Å². The van der Waals surface area contributed by atoms with Crippen molar-refractivity contribution in [1.29, 1.82) is 0 Å². The molecule has 0 aliphatic rings. The van der Waals surface area contributed by atoms with E-state index >= 15 is 0 Å². The Balaban J connectivity index is 2.21. The summed E-state index contributed by atoms with van der Waals surface area (Å²) in [4.78, 5) is 0. The van der Waals surface area contributed by atoms with Gasteiger partial charge in [0.15, 0.2) is 11.5 Å². The number of hydrogen-bond donors (Lipinski definition) is 1. The van der Waals surface area contributed by atoms with Gasteiger partial charge in [0.05, 0.1) is 32.7 Å². The lowest BCUT2D eigenvalue weighted by atomic mass is 10.2. The van der Waals surface area contributed by atoms with Crippen molar-refractivity contribution in [2.24, 2.45) is 5.73 Å². The molecule has 2 rings (SSSR count). The Bertz CT molecular complexity index is 539. The van der Waals surface area contributed by atoms with Crippen molar-refractivity contribution in [2.45, 2.75) is 13.0 Å². The van der Waals surface area contributed by atoms with Crippen molar-refractivity contribution in [1.82, 2.24) is 15.0 Å². The first-order valence-corrected chi connectivity index (χ1v) is 6.06. The lowest BCUT2D eigenvalue weighted by Crippen LogP contribution is -2.11. The van der Waals surface area contributed by atoms with Crippen LogP contribution < -0.4 is 15.2 Å². The number of nitrogens with two attached hydrogens (primary N) is 1. The average molecular weight is 262 g/mol. The number of hydrogen-bond acceptors (Lipinski definition) is 5. The summed E-state index contributed by atoms with van der Waals surface area (Å²) in [6, 6.07) is 5.80. The molecule has 0 radical (unpaired) electrons. The molecule has 0 bridgehead atoms. The fourth-order valence-electron chi connectivity index (χ4n) is 1.91. The molecule has 0 unspecified atom stereocenters. The Hall–Kier alpha value is -2.08. The van der Waals surface area contributed by atoms with E-state index in [1.807, 2.05) is 22.9 Å². The van der Waals surface area contributed by atoms with Crippen LogP contribution in [0.2, 0.25) is 0 Å². The Morgan fingerprint density at radius 2 is 2.00 bits per heavy atom. The largest absolute Gasteiger partial charge is 0.493 e. The SMILES string of the molecule is COc1ccc(Cn2nncc2CCN)cc1OC. The first kappa shape index (κ1) is 13.4. The molecule has 19 heavy (non-hydrogen) atoms. The van der Waals surface area contributed by atoms with Crippen molar-refractivity contribution >= 4 is 0 Å². The standard InChI is InChI=1S/C13H18N4O2/c1-18-12-4-3-10(7-13(12)19-2)9-17-11(5-6-14)8-15-16-17/h3-4,7-8H,5-6,9,14H2,1-2H3. The third-order valence-corrected chi connectivity index (χ3v) is 2.88. The predicted molar refractivity (Wildman–Crippen MR) is 71.4 cm³/mol. The maximum atomic E-state index is 5.56. The van der Waals surface area contributed by atoms with Gasteiger partial charge in [-0.1, -0.05) is 11.3 Å². The van der Waals surface area contributed by atoms with Gasteiger partial charge in [0.2, 0.25) is 0 Å². The summed E-state index contributed by atoms with van der Waals surface area (Å²) in [5, 5.41) is 7.98. The van der Waals surface area contributed by atoms with Crippen molar-refractivity contribution in [3.05, 3.63) is 35.7 Å². The molecule has 1 aromatic carbocycles. The smallest absolute Gasteiger partial charge is 0.161 e. The number of rotatable bonds is 6. The molecule has 0 spiro atoms. The van der Waals surface area contributed by atoms with Gasteiger partial charge in [-0.25, -0.2) is 4.68 Å². The molecule has 0 amide bonds. The molecule has 2 N–H and O–H groups in total. The second-order valence-electron chi connectivity index (χ2n) is 4.11. The molecule has 0 saturated heterocycles. The van der Waals surface area contributed by atoms with Crippen LogP contribution >= 0.6 is 0 Å².